The van der Waals surface area contributed by atoms with E-state index in [1.54, 1.807) is 11.3 Å². The summed E-state index contributed by atoms with van der Waals surface area (Å²) < 4.78 is 12.3. The maximum Gasteiger partial charge on any atom is 0.258 e. The number of carbonyl (C=O) groups excluding carboxylic acids is 1. The maximum absolute atomic E-state index is 12.2. The number of hydrogen-bond acceptors (Lipinski definition) is 7. The molecule has 0 aliphatic carbocycles. The van der Waals surface area contributed by atoms with Gasteiger partial charge in [0.1, 0.15) is 22.4 Å². The van der Waals surface area contributed by atoms with Crippen LogP contribution in [0.4, 0.5) is 0 Å². The zero-order valence-corrected chi connectivity index (χ0v) is 22.7. The first-order chi connectivity index (χ1) is 19.5. The second kappa shape index (κ2) is 11.4. The van der Waals surface area contributed by atoms with Crippen LogP contribution in [0.1, 0.15) is 40.7 Å². The quantitative estimate of drug-likeness (QED) is 0.148. The van der Waals surface area contributed by atoms with Crippen LogP contribution in [0.5, 0.6) is 5.75 Å². The average molecular weight is 555 g/mol. The van der Waals surface area contributed by atoms with E-state index in [0.717, 1.165) is 57.1 Å². The number of amidine groups is 1. The molecule has 0 spiro atoms. The van der Waals surface area contributed by atoms with Gasteiger partial charge in [-0.2, -0.15) is 0 Å². The van der Waals surface area contributed by atoms with Crippen molar-refractivity contribution in [1.29, 1.82) is 5.41 Å². The fourth-order valence-electron chi connectivity index (χ4n) is 4.89. The second-order valence-corrected chi connectivity index (χ2v) is 11.0. The highest BCUT2D eigenvalue weighted by atomic mass is 32.1. The number of benzene rings is 3. The van der Waals surface area contributed by atoms with Crippen LogP contribution in [0.3, 0.4) is 0 Å². The third-order valence-corrected chi connectivity index (χ3v) is 8.19. The van der Waals surface area contributed by atoms with Crippen molar-refractivity contribution in [2.45, 2.75) is 31.3 Å². The van der Waals surface area contributed by atoms with E-state index in [9.17, 15) is 4.79 Å². The minimum atomic E-state index is -0.159. The Morgan fingerprint density at radius 3 is 2.77 bits per heavy atom. The molecule has 1 fully saturated rings. The molecule has 2 aromatic heterocycles. The molecule has 2 atom stereocenters. The Morgan fingerprint density at radius 1 is 1.15 bits per heavy atom. The number of fused-ring (bicyclic) bond motifs is 2. The van der Waals surface area contributed by atoms with Gasteiger partial charge in [-0.3, -0.25) is 10.2 Å². The number of nitrogens with one attached hydrogen (secondary N) is 3. The number of aromatic amines is 1. The van der Waals surface area contributed by atoms with Gasteiger partial charge in [0.15, 0.2) is 6.61 Å². The highest BCUT2D eigenvalue weighted by Gasteiger charge is 2.23. The van der Waals surface area contributed by atoms with Gasteiger partial charge in [0.25, 0.3) is 5.91 Å². The fourth-order valence-corrected chi connectivity index (χ4v) is 5.94. The van der Waals surface area contributed by atoms with E-state index in [2.05, 4.69) is 10.3 Å². The van der Waals surface area contributed by atoms with Crippen molar-refractivity contribution in [2.75, 3.05) is 19.8 Å². The molecule has 5 N–H and O–H groups in total. The minimum absolute atomic E-state index is 0.0212. The smallest absolute Gasteiger partial charge is 0.258 e. The van der Waals surface area contributed by atoms with Crippen molar-refractivity contribution in [3.8, 4) is 5.75 Å². The molecule has 10 heteroatoms. The Bertz CT molecular complexity index is 1620. The third-order valence-electron chi connectivity index (χ3n) is 7.03. The minimum Gasteiger partial charge on any atom is -0.484 e. The van der Waals surface area contributed by atoms with E-state index in [-0.39, 0.29) is 30.4 Å². The van der Waals surface area contributed by atoms with Gasteiger partial charge in [0.2, 0.25) is 0 Å². The van der Waals surface area contributed by atoms with Crippen molar-refractivity contribution in [3.63, 3.8) is 0 Å². The summed E-state index contributed by atoms with van der Waals surface area (Å²) in [6.07, 6.45) is 2.80. The van der Waals surface area contributed by atoms with E-state index in [1.807, 2.05) is 66.7 Å². The first-order valence-corrected chi connectivity index (χ1v) is 14.1. The lowest BCUT2D eigenvalue weighted by Gasteiger charge is -2.13. The van der Waals surface area contributed by atoms with Crippen molar-refractivity contribution in [2.24, 2.45) is 5.73 Å². The summed E-state index contributed by atoms with van der Waals surface area (Å²) in [5, 5.41) is 11.6. The number of nitrogen functional groups attached to an aromatic ring is 1. The maximum atomic E-state index is 12.2. The Labute approximate surface area is 235 Å². The number of carbonyl (C=O) groups is 1. The van der Waals surface area contributed by atoms with Gasteiger partial charge in [-0.05, 0) is 67.3 Å². The molecule has 5 aromatic rings. The lowest BCUT2D eigenvalue weighted by atomic mass is 9.99. The van der Waals surface area contributed by atoms with Gasteiger partial charge < -0.3 is 25.5 Å². The van der Waals surface area contributed by atoms with Crippen LogP contribution in [-0.2, 0) is 16.0 Å². The van der Waals surface area contributed by atoms with Crippen molar-refractivity contribution in [3.05, 3.63) is 88.7 Å². The number of amides is 1. The van der Waals surface area contributed by atoms with Crippen molar-refractivity contribution < 1.29 is 14.3 Å². The summed E-state index contributed by atoms with van der Waals surface area (Å²) in [5.74, 6) is 1.23. The van der Waals surface area contributed by atoms with Gasteiger partial charge in [-0.1, -0.05) is 24.3 Å². The van der Waals surface area contributed by atoms with Crippen LogP contribution in [-0.4, -0.2) is 52.6 Å². The van der Waals surface area contributed by atoms with Crippen LogP contribution in [0, 0.1) is 5.41 Å². The highest BCUT2D eigenvalue weighted by molar-refractivity contribution is 7.18. The van der Waals surface area contributed by atoms with E-state index in [0.29, 0.717) is 24.3 Å². The normalized spacial score (nSPS) is 15.8. The number of rotatable bonds is 10. The lowest BCUT2D eigenvalue weighted by molar-refractivity contribution is -0.123. The van der Waals surface area contributed by atoms with E-state index in [1.165, 1.54) is 0 Å². The Morgan fingerprint density at radius 2 is 2.00 bits per heavy atom. The molecule has 9 nitrogen and oxygen atoms in total. The highest BCUT2D eigenvalue weighted by Crippen LogP contribution is 2.34. The predicted octanol–water partition coefficient (Wildman–Crippen LogP) is 4.51. The molecule has 1 aliphatic heterocycles. The molecule has 1 amide bonds. The molecular formula is C30H30N6O3S. The number of ether oxygens (including phenoxy) is 2. The zero-order valence-electron chi connectivity index (χ0n) is 21.9. The summed E-state index contributed by atoms with van der Waals surface area (Å²) >= 11 is 1.62. The molecule has 0 saturated carbocycles. The van der Waals surface area contributed by atoms with Crippen molar-refractivity contribution >= 4 is 44.3 Å². The molecule has 3 aromatic carbocycles. The molecule has 0 radical (unpaired) electrons. The summed E-state index contributed by atoms with van der Waals surface area (Å²) in [7, 11) is 0. The molecule has 2 unspecified atom stereocenters. The summed E-state index contributed by atoms with van der Waals surface area (Å²) in [5.41, 5.74) is 10.1. The third kappa shape index (κ3) is 5.83. The number of nitrogens with zero attached hydrogens (tertiary/aromatic N) is 2. The van der Waals surface area contributed by atoms with Crippen LogP contribution in [0.2, 0.25) is 0 Å². The predicted molar refractivity (Wildman–Crippen MR) is 156 cm³/mol. The van der Waals surface area contributed by atoms with Gasteiger partial charge >= 0.3 is 0 Å². The topological polar surface area (TPSA) is 139 Å². The summed E-state index contributed by atoms with van der Waals surface area (Å²) in [4.78, 5) is 25.5. The number of thiazole rings is 1. The van der Waals surface area contributed by atoms with Crippen molar-refractivity contribution in [1.82, 2.24) is 20.3 Å². The van der Waals surface area contributed by atoms with E-state index < -0.39 is 0 Å². The van der Waals surface area contributed by atoms with Crippen LogP contribution in [0.15, 0.2) is 66.7 Å². The summed E-state index contributed by atoms with van der Waals surface area (Å²) in [6.45, 7) is 1.24. The fraction of sp³-hybridized carbons (Fsp3) is 0.267. The number of nitrogens with two attached hydrogens (primary N) is 1. The SMILES string of the molecule is N=C(N)c1ccc2sc(C(Cc3ccc(OCC(=O)NCC4CCCO4)cc3)c3nc4ccccc4[nH]3)nc2c1. The molecule has 6 rings (SSSR count). The monoisotopic (exact) mass is 554 g/mol. The standard InChI is InChI=1S/C30H30N6O3S/c31-28(32)19-9-12-26-25(15-19)36-30(40-26)22(29-34-23-5-1-2-6-24(23)35-29)14-18-7-10-20(11-8-18)39-17-27(37)33-16-21-4-3-13-38-21/h1-2,5-12,15,21-22H,3-4,13-14,16-17H2,(H3,31,32)(H,33,37)(H,34,35). The first kappa shape index (κ1) is 26.0. The van der Waals surface area contributed by atoms with Crippen LogP contribution < -0.4 is 15.8 Å². The average Bonchev–Trinajstić information content (AvgIpc) is 3.73. The number of hydrogen-bond donors (Lipinski definition) is 4. The number of aromatic nitrogens is 3. The van der Waals surface area contributed by atoms with Crippen LogP contribution in [0.25, 0.3) is 21.3 Å². The Balaban J connectivity index is 1.19. The zero-order chi connectivity index (χ0) is 27.5. The largest absolute Gasteiger partial charge is 0.484 e. The lowest BCUT2D eigenvalue weighted by Crippen LogP contribution is -2.35. The molecule has 40 heavy (non-hydrogen) atoms. The van der Waals surface area contributed by atoms with Gasteiger partial charge in [0.05, 0.1) is 33.3 Å². The van der Waals surface area contributed by atoms with E-state index >= 15 is 0 Å². The molecule has 0 bridgehead atoms. The van der Waals surface area contributed by atoms with Crippen LogP contribution >= 0.6 is 11.3 Å². The Kier molecular flexibility index (Phi) is 7.43. The number of para-hydroxylation sites is 2. The molecule has 3 heterocycles. The molecule has 1 aliphatic rings. The number of imidazole rings is 1. The molecule has 204 valence electrons. The first-order valence-electron chi connectivity index (χ1n) is 13.3. The number of H-pyrrole nitrogens is 1. The van der Waals surface area contributed by atoms with Gasteiger partial charge in [-0.25, -0.2) is 9.97 Å². The van der Waals surface area contributed by atoms with E-state index in [4.69, 9.17) is 30.6 Å². The van der Waals surface area contributed by atoms with Gasteiger partial charge in [0, 0.05) is 18.7 Å². The second-order valence-electron chi connectivity index (χ2n) is 9.92. The van der Waals surface area contributed by atoms with Gasteiger partial charge in [-0.15, -0.1) is 11.3 Å². The molecular weight excluding hydrogens is 524 g/mol. The molecule has 1 saturated heterocycles. The summed E-state index contributed by atoms with van der Waals surface area (Å²) in [6, 6.07) is 21.4. The Hall–Kier alpha value is -4.28.